The average Bonchev–Trinajstić information content (AvgIpc) is 2.26. The van der Waals surface area contributed by atoms with Gasteiger partial charge in [0, 0.05) is 10.6 Å². The van der Waals surface area contributed by atoms with Crippen molar-refractivity contribution in [1.82, 2.24) is 0 Å². The first-order valence-corrected chi connectivity index (χ1v) is 5.30. The third kappa shape index (κ3) is 2.93. The van der Waals surface area contributed by atoms with Gasteiger partial charge in [0.05, 0.1) is 0 Å². The molecule has 1 N–H and O–H groups in total. The molecule has 0 saturated heterocycles. The monoisotopic (exact) mass is 294 g/mol. The fraction of sp³-hybridized carbons (Fsp3) is 0.182. The molecule has 102 valence electrons. The second-order valence-electron chi connectivity index (χ2n) is 3.64. The summed E-state index contributed by atoms with van der Waals surface area (Å²) < 4.78 is 47.1. The fourth-order valence-corrected chi connectivity index (χ4v) is 1.72. The number of hydrogen-bond acceptors (Lipinski definition) is 3. The largest absolute Gasteiger partial charge is 0.511 e. The molecule has 0 aliphatic carbocycles. The Morgan fingerprint density at radius 3 is 2.68 bits per heavy atom. The van der Waals surface area contributed by atoms with E-state index < -0.39 is 24.2 Å². The molecule has 1 aromatic rings. The van der Waals surface area contributed by atoms with Gasteiger partial charge in [-0.3, -0.25) is 0 Å². The van der Waals surface area contributed by atoms with Crippen LogP contribution < -0.4 is 4.74 Å². The molecule has 1 aromatic carbocycles. The molecule has 4 nitrogen and oxygen atoms in total. The van der Waals surface area contributed by atoms with Crippen molar-refractivity contribution in [2.24, 2.45) is 0 Å². The van der Waals surface area contributed by atoms with Crippen LogP contribution in [0.2, 0.25) is 5.02 Å². The van der Waals surface area contributed by atoms with Crippen molar-refractivity contribution in [2.45, 2.75) is 12.3 Å². The minimum Gasteiger partial charge on any atom is -0.472 e. The molecule has 2 rings (SSSR count). The number of carboxylic acid groups (broad SMARTS) is 1. The first-order valence-electron chi connectivity index (χ1n) is 4.92. The maximum atomic E-state index is 12.8. The second kappa shape index (κ2) is 4.65. The van der Waals surface area contributed by atoms with Crippen molar-refractivity contribution in [2.75, 3.05) is 0 Å². The van der Waals surface area contributed by atoms with E-state index in [-0.39, 0.29) is 16.3 Å². The standard InChI is InChI=1S/C11H6ClF3O4/c12-6-2-1-5-3-8(19-10(16)17)9(11(13,14)15)18-7(5)4-6/h1-4,9H,(H,16,17). The molecule has 0 amide bonds. The van der Waals surface area contributed by atoms with Crippen LogP contribution in [0.3, 0.4) is 0 Å². The van der Waals surface area contributed by atoms with E-state index in [0.717, 1.165) is 6.08 Å². The molecule has 1 aliphatic rings. The summed E-state index contributed by atoms with van der Waals surface area (Å²) in [5.41, 5.74) is 0.251. The number of hydrogen-bond donors (Lipinski definition) is 1. The van der Waals surface area contributed by atoms with Gasteiger partial charge < -0.3 is 14.6 Å². The predicted octanol–water partition coefficient (Wildman–Crippen LogP) is 3.70. The van der Waals surface area contributed by atoms with Crippen LogP contribution in [0.15, 0.2) is 24.0 Å². The van der Waals surface area contributed by atoms with Gasteiger partial charge in [-0.05, 0) is 24.3 Å². The molecule has 0 fully saturated rings. The lowest BCUT2D eigenvalue weighted by Gasteiger charge is -2.27. The Morgan fingerprint density at radius 1 is 1.42 bits per heavy atom. The molecule has 0 radical (unpaired) electrons. The van der Waals surface area contributed by atoms with Gasteiger partial charge in [0.15, 0.2) is 5.76 Å². The van der Waals surface area contributed by atoms with Crippen molar-refractivity contribution in [1.29, 1.82) is 0 Å². The summed E-state index contributed by atoms with van der Waals surface area (Å²) in [4.78, 5) is 10.4. The minimum atomic E-state index is -4.80. The third-order valence-corrected chi connectivity index (χ3v) is 2.51. The molecule has 1 atom stereocenters. The van der Waals surface area contributed by atoms with Crippen LogP contribution in [0, 0.1) is 0 Å². The highest BCUT2D eigenvalue weighted by atomic mass is 35.5. The topological polar surface area (TPSA) is 55.8 Å². The van der Waals surface area contributed by atoms with Crippen LogP contribution >= 0.6 is 11.6 Å². The molecule has 1 unspecified atom stereocenters. The van der Waals surface area contributed by atoms with Crippen molar-refractivity contribution in [3.63, 3.8) is 0 Å². The molecule has 8 heteroatoms. The smallest absolute Gasteiger partial charge is 0.472 e. The Hall–Kier alpha value is -1.89. The van der Waals surface area contributed by atoms with Gasteiger partial charge in [-0.15, -0.1) is 0 Å². The van der Waals surface area contributed by atoms with E-state index in [1.54, 1.807) is 0 Å². The zero-order valence-corrected chi connectivity index (χ0v) is 9.83. The zero-order chi connectivity index (χ0) is 14.2. The van der Waals surface area contributed by atoms with Crippen molar-refractivity contribution < 1.29 is 32.5 Å². The number of ether oxygens (including phenoxy) is 2. The molecular weight excluding hydrogens is 289 g/mol. The van der Waals surface area contributed by atoms with E-state index in [9.17, 15) is 18.0 Å². The Bertz CT molecular complexity index is 553. The van der Waals surface area contributed by atoms with Crippen LogP contribution in [-0.4, -0.2) is 23.5 Å². The van der Waals surface area contributed by atoms with E-state index in [1.165, 1.54) is 18.2 Å². The van der Waals surface area contributed by atoms with Crippen molar-refractivity contribution in [3.05, 3.63) is 34.5 Å². The summed E-state index contributed by atoms with van der Waals surface area (Å²) in [6.45, 7) is 0. The second-order valence-corrected chi connectivity index (χ2v) is 4.07. The highest BCUT2D eigenvalue weighted by Gasteiger charge is 2.48. The summed E-state index contributed by atoms with van der Waals surface area (Å²) in [5.74, 6) is -0.928. The average molecular weight is 295 g/mol. The lowest BCUT2D eigenvalue weighted by atomic mass is 10.1. The number of rotatable bonds is 1. The third-order valence-electron chi connectivity index (χ3n) is 2.28. The van der Waals surface area contributed by atoms with Crippen molar-refractivity contribution >= 4 is 23.8 Å². The Morgan fingerprint density at radius 2 is 2.11 bits per heavy atom. The van der Waals surface area contributed by atoms with Crippen LogP contribution in [0.1, 0.15) is 5.56 Å². The first kappa shape index (κ1) is 13.5. The SMILES string of the molecule is O=C(O)OC1=Cc2ccc(Cl)cc2OC1C(F)(F)F. The van der Waals surface area contributed by atoms with E-state index in [2.05, 4.69) is 4.74 Å². The molecule has 0 spiro atoms. The fourth-order valence-electron chi connectivity index (χ4n) is 1.56. The van der Waals surface area contributed by atoms with E-state index >= 15 is 0 Å². The van der Waals surface area contributed by atoms with Gasteiger partial charge in [-0.2, -0.15) is 13.2 Å². The van der Waals surface area contributed by atoms with E-state index in [4.69, 9.17) is 21.4 Å². The minimum absolute atomic E-state index is 0.0902. The molecule has 0 bridgehead atoms. The Balaban J connectivity index is 2.45. The number of carbonyl (C=O) groups is 1. The maximum Gasteiger partial charge on any atom is 0.511 e. The molecule has 0 saturated carbocycles. The summed E-state index contributed by atoms with van der Waals surface area (Å²) in [6.07, 6.45) is -8.17. The van der Waals surface area contributed by atoms with Crippen LogP contribution in [0.25, 0.3) is 6.08 Å². The van der Waals surface area contributed by atoms with Crippen molar-refractivity contribution in [3.8, 4) is 5.75 Å². The first-order chi connectivity index (χ1) is 8.77. The molecule has 1 heterocycles. The number of halogens is 4. The van der Waals surface area contributed by atoms with Gasteiger partial charge in [-0.25, -0.2) is 4.79 Å². The normalized spacial score (nSPS) is 18.1. The van der Waals surface area contributed by atoms with Crippen LogP contribution in [0.4, 0.5) is 18.0 Å². The van der Waals surface area contributed by atoms with Gasteiger partial charge in [0.2, 0.25) is 0 Å². The molecular formula is C11H6ClF3O4. The predicted molar refractivity (Wildman–Crippen MR) is 59.0 cm³/mol. The summed E-state index contributed by atoms with van der Waals surface area (Å²) in [6, 6.07) is 4.05. The lowest BCUT2D eigenvalue weighted by molar-refractivity contribution is -0.191. The summed E-state index contributed by atoms with van der Waals surface area (Å²) >= 11 is 5.65. The number of benzene rings is 1. The highest BCUT2D eigenvalue weighted by Crippen LogP contribution is 2.38. The van der Waals surface area contributed by atoms with E-state index in [0.29, 0.717) is 0 Å². The Labute approximate surface area is 110 Å². The quantitative estimate of drug-likeness (QED) is 0.802. The van der Waals surface area contributed by atoms with Gasteiger partial charge in [0.25, 0.3) is 6.10 Å². The van der Waals surface area contributed by atoms with E-state index in [1.807, 2.05) is 0 Å². The van der Waals surface area contributed by atoms with Gasteiger partial charge >= 0.3 is 12.3 Å². The zero-order valence-electron chi connectivity index (χ0n) is 9.07. The molecule has 19 heavy (non-hydrogen) atoms. The van der Waals surface area contributed by atoms with Gasteiger partial charge in [0.1, 0.15) is 5.75 Å². The number of alkyl halides is 3. The summed E-state index contributed by atoms with van der Waals surface area (Å²) in [5, 5.41) is 8.64. The van der Waals surface area contributed by atoms with Crippen LogP contribution in [0.5, 0.6) is 5.75 Å². The van der Waals surface area contributed by atoms with Crippen LogP contribution in [-0.2, 0) is 4.74 Å². The lowest BCUT2D eigenvalue weighted by Crippen LogP contribution is -2.39. The maximum absolute atomic E-state index is 12.8. The number of fused-ring (bicyclic) bond motifs is 1. The highest BCUT2D eigenvalue weighted by molar-refractivity contribution is 6.30. The van der Waals surface area contributed by atoms with Gasteiger partial charge in [-0.1, -0.05) is 11.6 Å². The molecule has 0 aromatic heterocycles. The summed E-state index contributed by atoms with van der Waals surface area (Å²) in [7, 11) is 0. The molecule has 1 aliphatic heterocycles. The Kier molecular flexibility index (Phi) is 3.32.